The minimum Gasteiger partial charge on any atom is -0.306 e. The topological polar surface area (TPSA) is 12.0 Å². The van der Waals surface area contributed by atoms with Gasteiger partial charge in [0.1, 0.15) is 0 Å². The first-order valence-electron chi connectivity index (χ1n) is 6.76. The summed E-state index contributed by atoms with van der Waals surface area (Å²) in [4.78, 5) is 0. The van der Waals surface area contributed by atoms with Gasteiger partial charge in [-0.2, -0.15) is 0 Å². The van der Waals surface area contributed by atoms with Crippen LogP contribution in [0.2, 0.25) is 0 Å². The second kappa shape index (κ2) is 4.95. The summed E-state index contributed by atoms with van der Waals surface area (Å²) in [5.74, 6) is 0. The molecule has 0 aliphatic carbocycles. The lowest BCUT2D eigenvalue weighted by molar-refractivity contribution is 0.496. The van der Waals surface area contributed by atoms with Crippen molar-refractivity contribution in [1.82, 2.24) is 5.32 Å². The Balaban J connectivity index is 1.92. The molecule has 0 saturated carbocycles. The fourth-order valence-electron chi connectivity index (χ4n) is 2.87. The van der Waals surface area contributed by atoms with E-state index in [0.29, 0.717) is 6.04 Å². The molecule has 1 atom stereocenters. The van der Waals surface area contributed by atoms with Gasteiger partial charge in [0.15, 0.2) is 0 Å². The third kappa shape index (κ3) is 2.06. The van der Waals surface area contributed by atoms with Gasteiger partial charge in [-0.05, 0) is 35.1 Å². The highest BCUT2D eigenvalue weighted by atomic mass is 14.9. The number of nitrogens with one attached hydrogen (secondary N) is 1. The van der Waals surface area contributed by atoms with Crippen molar-refractivity contribution < 1.29 is 0 Å². The van der Waals surface area contributed by atoms with E-state index in [1.54, 1.807) is 0 Å². The molecule has 3 rings (SSSR count). The summed E-state index contributed by atoms with van der Waals surface area (Å²) < 4.78 is 0. The zero-order chi connectivity index (χ0) is 12.4. The number of hydrogen-bond acceptors (Lipinski definition) is 1. The van der Waals surface area contributed by atoms with Crippen LogP contribution < -0.4 is 5.32 Å². The Morgan fingerprint density at radius 2 is 1.72 bits per heavy atom. The Bertz CT molecular complexity index is 545. The Hall–Kier alpha value is -1.60. The number of aryl methyl sites for hydroxylation is 1. The molecule has 2 aromatic rings. The third-order valence-electron chi connectivity index (χ3n) is 3.89. The Morgan fingerprint density at radius 3 is 2.56 bits per heavy atom. The molecule has 1 heterocycles. The van der Waals surface area contributed by atoms with Gasteiger partial charge >= 0.3 is 0 Å². The van der Waals surface area contributed by atoms with E-state index in [1.165, 1.54) is 22.3 Å². The first-order chi connectivity index (χ1) is 8.88. The molecule has 0 spiro atoms. The van der Waals surface area contributed by atoms with Gasteiger partial charge in [-0.1, -0.05) is 55.5 Å². The maximum absolute atomic E-state index is 3.67. The van der Waals surface area contributed by atoms with Crippen LogP contribution in [0.25, 0.3) is 0 Å². The van der Waals surface area contributed by atoms with Crippen LogP contribution in [0.3, 0.4) is 0 Å². The molecule has 1 aliphatic rings. The van der Waals surface area contributed by atoms with Crippen molar-refractivity contribution >= 4 is 0 Å². The number of rotatable bonds is 2. The van der Waals surface area contributed by atoms with Crippen LogP contribution in [0.1, 0.15) is 35.2 Å². The van der Waals surface area contributed by atoms with Crippen LogP contribution in [0, 0.1) is 0 Å². The molecule has 0 fully saturated rings. The zero-order valence-electron chi connectivity index (χ0n) is 10.8. The van der Waals surface area contributed by atoms with E-state index in [0.717, 1.165) is 19.4 Å². The summed E-state index contributed by atoms with van der Waals surface area (Å²) in [5.41, 5.74) is 5.87. The predicted molar refractivity (Wildman–Crippen MR) is 75.5 cm³/mol. The van der Waals surface area contributed by atoms with Crippen molar-refractivity contribution in [3.63, 3.8) is 0 Å². The number of fused-ring (bicyclic) bond motifs is 1. The van der Waals surface area contributed by atoms with E-state index in [-0.39, 0.29) is 0 Å². The Morgan fingerprint density at radius 1 is 1.00 bits per heavy atom. The molecule has 0 bridgehead atoms. The smallest absolute Gasteiger partial charge is 0.0366 e. The zero-order valence-corrected chi connectivity index (χ0v) is 10.8. The van der Waals surface area contributed by atoms with Gasteiger partial charge in [0.2, 0.25) is 0 Å². The molecule has 1 N–H and O–H groups in total. The highest BCUT2D eigenvalue weighted by molar-refractivity contribution is 5.36. The molecular weight excluding hydrogens is 218 g/mol. The molecule has 1 unspecified atom stereocenters. The van der Waals surface area contributed by atoms with Crippen LogP contribution in [-0.2, 0) is 19.4 Å². The van der Waals surface area contributed by atoms with Crippen molar-refractivity contribution in [2.45, 2.75) is 32.4 Å². The van der Waals surface area contributed by atoms with Crippen molar-refractivity contribution in [2.24, 2.45) is 0 Å². The van der Waals surface area contributed by atoms with Gasteiger partial charge in [-0.25, -0.2) is 0 Å². The average Bonchev–Trinajstić information content (AvgIpc) is 2.46. The van der Waals surface area contributed by atoms with Crippen LogP contribution >= 0.6 is 0 Å². The number of hydrogen-bond donors (Lipinski definition) is 1. The van der Waals surface area contributed by atoms with Crippen molar-refractivity contribution in [3.8, 4) is 0 Å². The van der Waals surface area contributed by atoms with E-state index in [4.69, 9.17) is 0 Å². The van der Waals surface area contributed by atoms with E-state index >= 15 is 0 Å². The molecular formula is C17H19N. The van der Waals surface area contributed by atoms with Gasteiger partial charge in [-0.15, -0.1) is 0 Å². The highest BCUT2D eigenvalue weighted by Crippen LogP contribution is 2.27. The molecule has 0 aromatic heterocycles. The first-order valence-corrected chi connectivity index (χ1v) is 6.76. The standard InChI is InChI=1S/C17H19N/c1-2-13-7-5-6-10-16(13)17-11-14-8-3-4-9-15(14)12-18-17/h3-10,17-18H,2,11-12H2,1H3. The minimum atomic E-state index is 0.469. The van der Waals surface area contributed by atoms with E-state index < -0.39 is 0 Å². The number of benzene rings is 2. The van der Waals surface area contributed by atoms with Gasteiger partial charge in [-0.3, -0.25) is 0 Å². The maximum atomic E-state index is 3.67. The van der Waals surface area contributed by atoms with Crippen LogP contribution in [0.15, 0.2) is 48.5 Å². The summed E-state index contributed by atoms with van der Waals surface area (Å²) in [5, 5.41) is 3.67. The molecule has 1 aliphatic heterocycles. The second-order valence-corrected chi connectivity index (χ2v) is 4.96. The van der Waals surface area contributed by atoms with Crippen molar-refractivity contribution in [3.05, 3.63) is 70.8 Å². The molecule has 1 nitrogen and oxygen atoms in total. The molecule has 0 saturated heterocycles. The summed E-state index contributed by atoms with van der Waals surface area (Å²) >= 11 is 0. The largest absolute Gasteiger partial charge is 0.306 e. The van der Waals surface area contributed by atoms with Crippen LogP contribution in [0.4, 0.5) is 0 Å². The first kappa shape index (κ1) is 11.5. The van der Waals surface area contributed by atoms with E-state index in [9.17, 15) is 0 Å². The van der Waals surface area contributed by atoms with Crippen molar-refractivity contribution in [1.29, 1.82) is 0 Å². The van der Waals surface area contributed by atoms with E-state index in [1.807, 2.05) is 0 Å². The lowest BCUT2D eigenvalue weighted by Gasteiger charge is -2.28. The second-order valence-electron chi connectivity index (χ2n) is 4.96. The third-order valence-corrected chi connectivity index (χ3v) is 3.89. The lowest BCUT2D eigenvalue weighted by Crippen LogP contribution is -2.29. The van der Waals surface area contributed by atoms with Gasteiger partial charge in [0, 0.05) is 12.6 Å². The van der Waals surface area contributed by atoms with Gasteiger partial charge in [0.05, 0.1) is 0 Å². The average molecular weight is 237 g/mol. The quantitative estimate of drug-likeness (QED) is 0.841. The SMILES string of the molecule is CCc1ccccc1C1Cc2ccccc2CN1. The molecule has 92 valence electrons. The monoisotopic (exact) mass is 237 g/mol. The molecule has 1 heteroatoms. The molecule has 0 amide bonds. The lowest BCUT2D eigenvalue weighted by atomic mass is 9.89. The summed E-state index contributed by atoms with van der Waals surface area (Å²) in [7, 11) is 0. The summed E-state index contributed by atoms with van der Waals surface area (Å²) in [6, 6.07) is 18.0. The van der Waals surface area contributed by atoms with Gasteiger partial charge in [0.25, 0.3) is 0 Å². The molecule has 18 heavy (non-hydrogen) atoms. The normalized spacial score (nSPS) is 18.4. The fourth-order valence-corrected chi connectivity index (χ4v) is 2.87. The molecule has 2 aromatic carbocycles. The summed E-state index contributed by atoms with van der Waals surface area (Å²) in [6.07, 6.45) is 2.21. The van der Waals surface area contributed by atoms with Crippen LogP contribution in [-0.4, -0.2) is 0 Å². The van der Waals surface area contributed by atoms with Gasteiger partial charge < -0.3 is 5.32 Å². The minimum absolute atomic E-state index is 0.469. The van der Waals surface area contributed by atoms with Crippen molar-refractivity contribution in [2.75, 3.05) is 0 Å². The summed E-state index contributed by atoms with van der Waals surface area (Å²) in [6.45, 7) is 3.22. The Kier molecular flexibility index (Phi) is 3.16. The Labute approximate surface area is 109 Å². The maximum Gasteiger partial charge on any atom is 0.0366 e. The van der Waals surface area contributed by atoms with Crippen LogP contribution in [0.5, 0.6) is 0 Å². The fraction of sp³-hybridized carbons (Fsp3) is 0.294. The molecule has 0 radical (unpaired) electrons. The van der Waals surface area contributed by atoms with E-state index in [2.05, 4.69) is 60.8 Å². The highest BCUT2D eigenvalue weighted by Gasteiger charge is 2.20. The predicted octanol–water partition coefficient (Wildman–Crippen LogP) is 3.64.